The summed E-state index contributed by atoms with van der Waals surface area (Å²) in [6.45, 7) is -1.06. The molecular weight excluding hydrogens is 1950 g/mol. The number of hydrogen-bond donors (Lipinski definition) is 23. The SMILES string of the molecule is CC(=O)N[C@H]1CCSSC[C@@H](C(=O)N2CCC[C@H]2C(=O)N2CCC[C@H]2C(=O)N[C@@H](CO)C(=O)N[C@@H](CCC(=O)O)C(=O)N[C@@H](CCCCN(CC(=O)O)CC(=O)O)C(=O)N[C@@H](CCCCNC(=O)COCCOCCNC(=O)CCCCCCCCCCCCCCC(=O)O)C(N)=O)NC(=O)[C@H](Cc2c[nH]c3ccccc23)NC(=O)[C@H](CCCNC(=N)N)NC(=O)[C@@H](Cc2ccccc2)NC(=O)[C@H](Cc2c[nH]cn2)NC1=O. The van der Waals surface area contributed by atoms with Gasteiger partial charge in [-0.15, -0.1) is 0 Å². The lowest BCUT2D eigenvalue weighted by Crippen LogP contribution is -2.61. The number of likely N-dealkylation sites (tertiary alicyclic amines) is 2. The maximum absolute atomic E-state index is 15.7. The number of carbonyl (C=O) groups excluding carboxylic acids is 15. The Labute approximate surface area is 860 Å². The maximum Gasteiger partial charge on any atom is 0.317 e. The summed E-state index contributed by atoms with van der Waals surface area (Å²) in [4.78, 5) is 275. The molecule has 3 fully saturated rings. The number of carboxylic acids is 4. The van der Waals surface area contributed by atoms with E-state index >= 15 is 24.0 Å². The van der Waals surface area contributed by atoms with Gasteiger partial charge >= 0.3 is 23.9 Å². The highest BCUT2D eigenvalue weighted by Gasteiger charge is 2.46. The van der Waals surface area contributed by atoms with Gasteiger partial charge in [0, 0.05) is 113 Å². The number of fused-ring (bicyclic) bond motifs is 1. The molecule has 0 radical (unpaired) electrons. The van der Waals surface area contributed by atoms with Crippen molar-refractivity contribution in [3.05, 3.63) is 90.1 Å². The number of aromatic nitrogens is 3. The monoisotopic (exact) mass is 2100 g/mol. The number of aromatic amines is 2. The number of imidazole rings is 1. The zero-order chi connectivity index (χ0) is 107. The van der Waals surface area contributed by atoms with Crippen LogP contribution in [-0.2, 0) is 120 Å². The van der Waals surface area contributed by atoms with E-state index in [0.29, 0.717) is 40.7 Å². The van der Waals surface area contributed by atoms with Crippen molar-refractivity contribution in [3.8, 4) is 0 Å². The third kappa shape index (κ3) is 45.9. The Kier molecular flexibility index (Phi) is 55.0. The molecule has 0 unspecified atom stereocenters. The van der Waals surface area contributed by atoms with Crippen LogP contribution in [0.2, 0.25) is 0 Å². The van der Waals surface area contributed by atoms with Crippen molar-refractivity contribution in [2.24, 2.45) is 11.5 Å². The third-order valence-corrected chi connectivity index (χ3v) is 27.4. The lowest BCUT2D eigenvalue weighted by atomic mass is 10.0. The zero-order valence-corrected chi connectivity index (χ0v) is 84.8. The van der Waals surface area contributed by atoms with Crippen LogP contribution in [0.25, 0.3) is 10.9 Å². The summed E-state index contributed by atoms with van der Waals surface area (Å²) in [6, 6.07) is -2.53. The number of primary amides is 1. The number of amides is 15. The Morgan fingerprint density at radius 3 is 1.69 bits per heavy atom. The second-order valence-corrected chi connectivity index (χ2v) is 39.2. The van der Waals surface area contributed by atoms with E-state index in [0.717, 1.165) is 90.7 Å². The fourth-order valence-electron chi connectivity index (χ4n) is 17.2. The van der Waals surface area contributed by atoms with Crippen molar-refractivity contribution in [3.63, 3.8) is 0 Å². The lowest BCUT2D eigenvalue weighted by molar-refractivity contribution is -0.148. The van der Waals surface area contributed by atoms with Gasteiger partial charge in [0.15, 0.2) is 5.96 Å². The van der Waals surface area contributed by atoms with Gasteiger partial charge in [-0.2, -0.15) is 0 Å². The molecule has 48 nitrogen and oxygen atoms in total. The highest BCUT2D eigenvalue weighted by molar-refractivity contribution is 8.76. The summed E-state index contributed by atoms with van der Waals surface area (Å²) in [6.07, 6.45) is 15.8. The Morgan fingerprint density at radius 2 is 1.06 bits per heavy atom. The van der Waals surface area contributed by atoms with Crippen LogP contribution in [0.3, 0.4) is 0 Å². The molecule has 50 heteroatoms. The topological polar surface area (TPSA) is 730 Å². The number of unbranched alkanes of at least 4 members (excludes halogenated alkanes) is 13. The van der Waals surface area contributed by atoms with Crippen LogP contribution < -0.4 is 80.6 Å². The highest BCUT2D eigenvalue weighted by atomic mass is 33.1. The number of hydrogen-bond acceptors (Lipinski definition) is 27. The predicted octanol–water partition coefficient (Wildman–Crippen LogP) is -0.217. The molecule has 5 heterocycles. The summed E-state index contributed by atoms with van der Waals surface area (Å²) >= 11 is 0. The predicted molar refractivity (Wildman–Crippen MR) is 540 cm³/mol. The third-order valence-electron chi connectivity index (χ3n) is 24.9. The number of carbonyl (C=O) groups is 19. The number of aliphatic hydroxyl groups excluding tert-OH is 1. The molecule has 0 aliphatic carbocycles. The molecule has 3 aliphatic heterocycles. The number of carboxylic acid groups (broad SMARTS) is 4. The van der Waals surface area contributed by atoms with Crippen molar-refractivity contribution in [2.45, 2.75) is 285 Å². The van der Waals surface area contributed by atoms with Crippen LogP contribution in [0.1, 0.15) is 210 Å². The Morgan fingerprint density at radius 1 is 0.517 bits per heavy atom. The molecule has 3 aliphatic rings. The molecule has 3 saturated heterocycles. The quantitative estimate of drug-likeness (QED) is 0.0118. The molecule has 4 aromatic rings. The van der Waals surface area contributed by atoms with Crippen LogP contribution in [0.15, 0.2) is 73.3 Å². The van der Waals surface area contributed by atoms with Gasteiger partial charge in [0.05, 0.1) is 51.5 Å². The number of nitrogens with zero attached hydrogens (tertiary/aromatic N) is 4. The minimum Gasteiger partial charge on any atom is -0.481 e. The summed E-state index contributed by atoms with van der Waals surface area (Å²) < 4.78 is 11.0. The zero-order valence-electron chi connectivity index (χ0n) is 83.2. The van der Waals surface area contributed by atoms with E-state index < -0.39 is 218 Å². The number of aliphatic carboxylic acids is 4. The van der Waals surface area contributed by atoms with Gasteiger partial charge in [-0.25, -0.2) is 4.98 Å². The van der Waals surface area contributed by atoms with Crippen LogP contribution in [0.5, 0.6) is 0 Å². The van der Waals surface area contributed by atoms with E-state index in [1.165, 1.54) is 42.1 Å². The Bertz CT molecular complexity index is 4950. The van der Waals surface area contributed by atoms with Gasteiger partial charge in [0.2, 0.25) is 88.6 Å². The smallest absolute Gasteiger partial charge is 0.317 e. The molecule has 147 heavy (non-hydrogen) atoms. The van der Waals surface area contributed by atoms with Crippen molar-refractivity contribution in [2.75, 3.05) is 96.9 Å². The molecule has 0 saturated carbocycles. The normalized spacial score (nSPS) is 18.9. The molecule has 812 valence electrons. The van der Waals surface area contributed by atoms with Crippen LogP contribution in [0, 0.1) is 5.41 Å². The van der Waals surface area contributed by atoms with Gasteiger partial charge in [-0.05, 0) is 126 Å². The van der Waals surface area contributed by atoms with Gasteiger partial charge in [0.25, 0.3) is 0 Å². The number of aliphatic hydroxyl groups is 1. The van der Waals surface area contributed by atoms with Crippen LogP contribution >= 0.6 is 21.6 Å². The Balaban J connectivity index is 1.01. The molecule has 0 spiro atoms. The molecule has 25 N–H and O–H groups in total. The number of nitrogens with one attached hydrogen (secondary N) is 16. The van der Waals surface area contributed by atoms with Crippen molar-refractivity contribution < 1.29 is 126 Å². The van der Waals surface area contributed by atoms with Crippen molar-refractivity contribution in [1.82, 2.24) is 98.8 Å². The minimum absolute atomic E-state index is 0.0275. The van der Waals surface area contributed by atoms with E-state index in [2.05, 4.69) is 84.1 Å². The average Bonchev–Trinajstić information content (AvgIpc) is 1.66. The first-order valence-corrected chi connectivity index (χ1v) is 52.8. The first-order valence-electron chi connectivity index (χ1n) is 50.3. The van der Waals surface area contributed by atoms with E-state index in [1.807, 2.05) is 0 Å². The van der Waals surface area contributed by atoms with E-state index in [1.54, 1.807) is 60.8 Å². The number of rotatable bonds is 63. The summed E-state index contributed by atoms with van der Waals surface area (Å²) in [7, 11) is 2.20. The van der Waals surface area contributed by atoms with Crippen LogP contribution in [-0.4, -0.2) is 343 Å². The first-order chi connectivity index (χ1) is 70.6. The number of guanidine groups is 1. The van der Waals surface area contributed by atoms with Gasteiger partial charge in [-0.1, -0.05) is 134 Å². The molecular formula is C97H146N22O26S2. The maximum atomic E-state index is 15.7. The number of ether oxygens (including phenoxy) is 2. The van der Waals surface area contributed by atoms with Crippen molar-refractivity contribution in [1.29, 1.82) is 5.41 Å². The molecule has 7 rings (SSSR count). The van der Waals surface area contributed by atoms with Gasteiger partial charge < -0.3 is 135 Å². The first kappa shape index (κ1) is 121. The molecule has 12 atom stereocenters. The number of H-pyrrole nitrogens is 2. The highest BCUT2D eigenvalue weighted by Crippen LogP contribution is 2.30. The molecule has 2 aromatic heterocycles. The minimum atomic E-state index is -1.93. The standard InChI is InChI=1S/C97H146N22O26S2/c1-61(121)107-71-39-49-146-147-59-76(116-91(138)73(51-63-53-105-66-29-18-17-28-65(63)66)113-87(134)69(32-23-41-104-97(99)100)110-90(137)72(50-62-26-13-12-14-27-62)112-92(139)74(114-89(71)136)52-64-54-101-60-106-64)95(142)119-45-25-34-78(119)96(143)118-44-24-33-77(118)94(141)115-75(57-120)93(140)111-70(37-38-82(126)127)88(135)109-68(31-20-22-43-117(55-83(128)129)56-84(130)131)86(133)108-67(85(98)132)30-19-21-40-102-80(123)58-145-48-47-144-46-42-103-79(122)35-15-10-8-6-4-2-3-5-7-9-11-16-36-81(124)125/h12-14,17-18,26-29,53-54,60,67-78,105,120H,2-11,15-16,19-25,30-52,55-59H2,1H3,(H2,98,132)(H,101,106)(H,102,123)(H,103,122)(H,107,121)(H,108,133)(H,109,135)(H,110,137)(H,111,140)(H,112,139)(H,113,134)(H,114,136)(H,115,141)(H,116,138)(H,124,125)(H,126,127)(H,128,129)(H,130,131)(H4,99,100,104)/t67-,68-,69-,70-,71-,72+,73-,74-,75-,76-,77-,78-/m0/s1. The van der Waals surface area contributed by atoms with E-state index in [9.17, 15) is 87.5 Å². The van der Waals surface area contributed by atoms with Crippen LogP contribution in [0.4, 0.5) is 0 Å². The molecule has 15 amide bonds. The van der Waals surface area contributed by atoms with Gasteiger partial charge in [-0.3, -0.25) is 101 Å². The Hall–Kier alpha value is -13.1. The van der Waals surface area contributed by atoms with Crippen molar-refractivity contribution >= 4 is 151 Å². The number of nitrogens with two attached hydrogens (primary N) is 2. The second-order valence-electron chi connectivity index (χ2n) is 36.6. The molecule has 2 aromatic carbocycles. The second kappa shape index (κ2) is 66.9. The fraction of sp³-hybridized carbons (Fsp3) is 0.619. The summed E-state index contributed by atoms with van der Waals surface area (Å²) in [5, 5.41) is 91.5. The van der Waals surface area contributed by atoms with E-state index in [4.69, 9.17) is 31.5 Å². The number of benzene rings is 2. The van der Waals surface area contributed by atoms with Gasteiger partial charge in [0.1, 0.15) is 79.1 Å². The lowest BCUT2D eigenvalue weighted by Gasteiger charge is -2.33. The fourth-order valence-corrected chi connectivity index (χ4v) is 19.5. The average molecular weight is 2100 g/mol. The largest absolute Gasteiger partial charge is 0.481 e. The van der Waals surface area contributed by atoms with E-state index in [-0.39, 0.29) is 186 Å². The number of para-hydroxylation sites is 1. The summed E-state index contributed by atoms with van der Waals surface area (Å²) in [5.41, 5.74) is 13.5. The summed E-state index contributed by atoms with van der Waals surface area (Å²) in [5.74, 6) is -17.9. The molecule has 0 bridgehead atoms.